The van der Waals surface area contributed by atoms with Crippen LogP contribution in [0.25, 0.3) is 29.2 Å². The van der Waals surface area contributed by atoms with Crippen molar-refractivity contribution >= 4 is 29.7 Å². The molecule has 1 amide bonds. The third-order valence-corrected chi connectivity index (χ3v) is 7.51. The highest BCUT2D eigenvalue weighted by Gasteiger charge is 2.28. The van der Waals surface area contributed by atoms with Crippen molar-refractivity contribution in [3.05, 3.63) is 119 Å². The number of amides is 1. The third-order valence-electron chi connectivity index (χ3n) is 7.51. The van der Waals surface area contributed by atoms with E-state index in [2.05, 4.69) is 25.1 Å². The second-order valence-electron chi connectivity index (χ2n) is 10.2. The van der Waals surface area contributed by atoms with E-state index in [1.807, 2.05) is 0 Å². The number of rotatable bonds is 7. The van der Waals surface area contributed by atoms with E-state index >= 15 is 0 Å². The first kappa shape index (κ1) is 29.0. The minimum Gasteiger partial charge on any atom is -0.494 e. The summed E-state index contributed by atoms with van der Waals surface area (Å²) in [7, 11) is 0. The smallest absolute Gasteiger partial charge is 0.335 e. The molecule has 226 valence electrons. The normalized spacial score (nSPS) is 13.2. The van der Waals surface area contributed by atoms with Gasteiger partial charge in [-0.25, -0.2) is 9.68 Å². The number of benzene rings is 2. The van der Waals surface area contributed by atoms with Gasteiger partial charge < -0.3 is 20.2 Å². The Labute approximate surface area is 252 Å². The topological polar surface area (TPSA) is 203 Å². The number of nitrogens with zero attached hydrogens (tertiary/aromatic N) is 4. The molecule has 4 heterocycles. The summed E-state index contributed by atoms with van der Waals surface area (Å²) in [5.74, 6) is -1.67. The molecule has 0 saturated carbocycles. The maximum atomic E-state index is 13.3. The lowest BCUT2D eigenvalue weighted by Gasteiger charge is -2.12. The maximum Gasteiger partial charge on any atom is 0.335 e. The fourth-order valence-electron chi connectivity index (χ4n) is 5.18. The molecule has 3 aliphatic heterocycles. The number of nitrogens with one attached hydrogen (secondary N) is 2. The van der Waals surface area contributed by atoms with Crippen LogP contribution in [0.1, 0.15) is 43.0 Å². The summed E-state index contributed by atoms with van der Waals surface area (Å²) < 4.78 is 1.11. The van der Waals surface area contributed by atoms with Gasteiger partial charge in [0.05, 0.1) is 28.1 Å². The van der Waals surface area contributed by atoms with Crippen molar-refractivity contribution in [3.63, 3.8) is 0 Å². The van der Waals surface area contributed by atoms with E-state index in [0.717, 1.165) is 4.68 Å². The van der Waals surface area contributed by atoms with Gasteiger partial charge in [0.2, 0.25) is 0 Å². The highest BCUT2D eigenvalue weighted by molar-refractivity contribution is 6.08. The molecular formula is C31H24N6O8. The van der Waals surface area contributed by atoms with Crippen LogP contribution in [0.2, 0.25) is 0 Å². The predicted octanol–water partition coefficient (Wildman–Crippen LogP) is 2.05. The van der Waals surface area contributed by atoms with Gasteiger partial charge in [0.1, 0.15) is 6.61 Å². The van der Waals surface area contributed by atoms with Crippen molar-refractivity contribution in [2.24, 2.45) is 5.10 Å². The number of allylic oxidation sites excluding steroid dienone is 1. The lowest BCUT2D eigenvalue weighted by molar-refractivity contribution is -0.253. The molecule has 0 atom stereocenters. The number of carbonyl (C=O) groups excluding carboxylic acids is 1. The molecule has 6 rings (SSSR count). The Balaban J connectivity index is 1.34. The number of carboxylic acid groups (broad SMARTS) is 1. The minimum atomic E-state index is -1.10. The molecule has 0 fully saturated rings. The summed E-state index contributed by atoms with van der Waals surface area (Å²) in [5, 5.41) is 38.4. The van der Waals surface area contributed by atoms with Crippen molar-refractivity contribution in [2.75, 3.05) is 5.01 Å². The molecule has 2 aromatic carbocycles. The van der Waals surface area contributed by atoms with Crippen LogP contribution in [-0.4, -0.2) is 47.1 Å². The zero-order chi connectivity index (χ0) is 32.0. The van der Waals surface area contributed by atoms with Crippen LogP contribution in [0.15, 0.2) is 69.3 Å². The number of aromatic nitrogens is 4. The van der Waals surface area contributed by atoms with Gasteiger partial charge in [-0.1, -0.05) is 18.2 Å². The van der Waals surface area contributed by atoms with Crippen LogP contribution in [0.3, 0.4) is 0 Å². The third kappa shape index (κ3) is 4.99. The molecular weight excluding hydrogens is 584 g/mol. The maximum absolute atomic E-state index is 13.3. The van der Waals surface area contributed by atoms with Gasteiger partial charge in [-0.15, -0.1) is 10.2 Å². The number of hydrogen-bond acceptors (Lipinski definition) is 9. The van der Waals surface area contributed by atoms with Gasteiger partial charge in [-0.3, -0.25) is 19.6 Å². The van der Waals surface area contributed by atoms with Crippen LogP contribution in [0, 0.1) is 13.8 Å². The number of aromatic carboxylic acids is 1. The second kappa shape index (κ2) is 11.2. The van der Waals surface area contributed by atoms with Crippen molar-refractivity contribution in [1.82, 2.24) is 19.7 Å². The van der Waals surface area contributed by atoms with E-state index in [1.54, 1.807) is 38.1 Å². The zero-order valence-electron chi connectivity index (χ0n) is 23.7. The van der Waals surface area contributed by atoms with Gasteiger partial charge in [-0.05, 0) is 79.1 Å². The lowest BCUT2D eigenvalue weighted by Crippen LogP contribution is -2.38. The molecule has 1 aromatic heterocycles. The standard InChI is InChI=1S/C31H24N6O8/c1-15-21(27(38)32-25-23(15)29(40)36(34-25)19-10-6-17(7-11-19)14-45-44)4-3-5-22-16(2)24-26(33-28(22)39)35-37(30(24)41)20-12-8-18(9-13-20)31(42)43/h3-13,44H,14H2,1-2H3,(H,42,43)(H,32,34,38)(H2,33,35,39). The molecule has 5 N–H and O–H groups in total. The number of hydrogen-bond donors (Lipinski definition) is 5. The van der Waals surface area contributed by atoms with Crippen molar-refractivity contribution < 1.29 is 29.9 Å². The number of pyridine rings is 2. The summed E-state index contributed by atoms with van der Waals surface area (Å²) in [4.78, 5) is 60.2. The number of aromatic hydroxyl groups is 1. The molecule has 0 aliphatic carbocycles. The summed E-state index contributed by atoms with van der Waals surface area (Å²) in [5.41, 5.74) is 2.25. The second-order valence-corrected chi connectivity index (χ2v) is 10.2. The summed E-state index contributed by atoms with van der Waals surface area (Å²) >= 11 is 0. The number of carbonyl (C=O) groups is 2. The zero-order valence-corrected chi connectivity index (χ0v) is 23.7. The predicted molar refractivity (Wildman–Crippen MR) is 161 cm³/mol. The molecule has 3 aliphatic rings. The number of H-pyrrole nitrogens is 2. The Morgan fingerprint density at radius 1 is 0.956 bits per heavy atom. The fourth-order valence-corrected chi connectivity index (χ4v) is 5.18. The molecule has 0 radical (unpaired) electrons. The molecule has 3 aromatic rings. The average molecular weight is 609 g/mol. The van der Waals surface area contributed by atoms with Crippen LogP contribution in [0.5, 0.6) is 5.88 Å². The molecule has 14 heteroatoms. The van der Waals surface area contributed by atoms with Gasteiger partial charge in [0.15, 0.2) is 17.2 Å². The molecule has 0 bridgehead atoms. The van der Waals surface area contributed by atoms with Crippen LogP contribution < -0.4 is 26.8 Å². The van der Waals surface area contributed by atoms with Crippen molar-refractivity contribution in [2.45, 2.75) is 20.5 Å². The average Bonchev–Trinajstić information content (AvgIpc) is 3.52. The summed E-state index contributed by atoms with van der Waals surface area (Å²) in [6.07, 6.45) is 4.52. The summed E-state index contributed by atoms with van der Waals surface area (Å²) in [6, 6.07) is 12.2. The first-order valence-electron chi connectivity index (χ1n) is 13.5. The van der Waals surface area contributed by atoms with Crippen LogP contribution in [0.4, 0.5) is 5.69 Å². The first-order chi connectivity index (χ1) is 21.6. The van der Waals surface area contributed by atoms with Crippen molar-refractivity contribution in [3.8, 4) is 23.0 Å². The van der Waals surface area contributed by atoms with E-state index in [0.29, 0.717) is 28.1 Å². The van der Waals surface area contributed by atoms with Gasteiger partial charge >= 0.3 is 5.97 Å². The monoisotopic (exact) mass is 608 g/mol. The highest BCUT2D eigenvalue weighted by Crippen LogP contribution is 2.30. The molecule has 0 spiro atoms. The SMILES string of the molecule is Cc1c(C=CC=c2c(C)c3c([nH]c2=O)=NN(c2ccc(COO)cc2)C3=O)c(O)[nH]c2nn(-c3ccc(C(=O)O)cc3)c(=O)c1-2. The Kier molecular flexibility index (Phi) is 7.20. The van der Waals surface area contributed by atoms with Crippen LogP contribution in [-0.2, 0) is 11.5 Å². The lowest BCUT2D eigenvalue weighted by atomic mass is 10.0. The summed E-state index contributed by atoms with van der Waals surface area (Å²) in [6.45, 7) is 3.26. The fraction of sp³-hybridized carbons (Fsp3) is 0.0968. The minimum absolute atomic E-state index is 0.0137. The number of aromatic amines is 2. The quantitative estimate of drug-likeness (QED) is 0.135. The van der Waals surface area contributed by atoms with E-state index in [4.69, 9.17) is 10.4 Å². The van der Waals surface area contributed by atoms with Crippen molar-refractivity contribution in [1.29, 1.82) is 0 Å². The molecule has 0 unspecified atom stereocenters. The molecule has 0 saturated heterocycles. The Morgan fingerprint density at radius 2 is 1.64 bits per heavy atom. The number of carboxylic acids is 1. The number of fused-ring (bicyclic) bond motifs is 2. The Bertz CT molecular complexity index is 2250. The van der Waals surface area contributed by atoms with E-state index < -0.39 is 23.0 Å². The largest absolute Gasteiger partial charge is 0.494 e. The number of anilines is 1. The Morgan fingerprint density at radius 3 is 2.31 bits per heavy atom. The molecule has 45 heavy (non-hydrogen) atoms. The van der Waals surface area contributed by atoms with Gasteiger partial charge in [0, 0.05) is 10.8 Å². The Hall–Kier alpha value is -6.12. The van der Waals surface area contributed by atoms with Gasteiger partial charge in [0.25, 0.3) is 17.0 Å². The van der Waals surface area contributed by atoms with E-state index in [-0.39, 0.29) is 51.3 Å². The molecule has 14 nitrogen and oxygen atoms in total. The van der Waals surface area contributed by atoms with Crippen LogP contribution >= 0.6 is 0 Å². The first-order valence-corrected chi connectivity index (χ1v) is 13.5. The van der Waals surface area contributed by atoms with E-state index in [9.17, 15) is 24.3 Å². The van der Waals surface area contributed by atoms with Gasteiger partial charge in [-0.2, -0.15) is 9.69 Å². The van der Waals surface area contributed by atoms with E-state index in [1.165, 1.54) is 47.5 Å². The highest BCUT2D eigenvalue weighted by atomic mass is 17.1.